The van der Waals surface area contributed by atoms with Crippen molar-refractivity contribution in [2.75, 3.05) is 7.05 Å². The second-order valence-electron chi connectivity index (χ2n) is 6.52. The molecule has 28 heavy (non-hydrogen) atoms. The van der Waals surface area contributed by atoms with E-state index in [0.29, 0.717) is 12.1 Å². The van der Waals surface area contributed by atoms with Crippen LogP contribution in [0.25, 0.3) is 22.2 Å². The lowest BCUT2D eigenvalue weighted by Crippen LogP contribution is -2.20. The number of para-hydroxylation sites is 1. The Morgan fingerprint density at radius 3 is 2.71 bits per heavy atom. The normalized spacial score (nSPS) is 12.1. The number of aromatic nitrogens is 2. The topological polar surface area (TPSA) is 94.0 Å². The van der Waals surface area contributed by atoms with Gasteiger partial charge in [-0.3, -0.25) is 4.79 Å². The number of pyridine rings is 1. The van der Waals surface area contributed by atoms with Crippen LogP contribution in [0.3, 0.4) is 0 Å². The predicted molar refractivity (Wildman–Crippen MR) is 108 cm³/mol. The molecule has 1 unspecified atom stereocenters. The van der Waals surface area contributed by atoms with E-state index >= 15 is 0 Å². The van der Waals surface area contributed by atoms with E-state index in [1.54, 1.807) is 13.1 Å². The number of benzene rings is 2. The number of hydrogen-bond acceptors (Lipinski definition) is 5. The Labute approximate surface area is 162 Å². The Hall–Kier alpha value is -3.51. The highest BCUT2D eigenvalue weighted by atomic mass is 16.5. The third-order valence-corrected chi connectivity index (χ3v) is 4.69. The van der Waals surface area contributed by atoms with Crippen LogP contribution in [0, 0.1) is 0 Å². The quantitative estimate of drug-likeness (QED) is 0.559. The van der Waals surface area contributed by atoms with Gasteiger partial charge in [0.1, 0.15) is 11.4 Å². The summed E-state index contributed by atoms with van der Waals surface area (Å²) in [6.07, 6.45) is 0.498. The van der Waals surface area contributed by atoms with Crippen LogP contribution >= 0.6 is 0 Å². The third-order valence-electron chi connectivity index (χ3n) is 4.69. The second-order valence-corrected chi connectivity index (χ2v) is 6.52. The third kappa shape index (κ3) is 3.37. The molecule has 1 amide bonds. The first kappa shape index (κ1) is 17.9. The van der Waals surface area contributed by atoms with Gasteiger partial charge in [-0.15, -0.1) is 0 Å². The number of amides is 1. The maximum Gasteiger partial charge on any atom is 0.269 e. The lowest BCUT2D eigenvalue weighted by molar-refractivity contribution is 0.0958. The average Bonchev–Trinajstić information content (AvgIpc) is 3.17. The highest BCUT2D eigenvalue weighted by Crippen LogP contribution is 2.33. The average molecular weight is 372 g/mol. The zero-order chi connectivity index (χ0) is 19.5. The summed E-state index contributed by atoms with van der Waals surface area (Å²) in [7, 11) is 1.58. The molecular formula is C22H20N4O2. The fourth-order valence-corrected chi connectivity index (χ4v) is 3.30. The predicted octanol–water partition coefficient (Wildman–Crippen LogP) is 3.49. The van der Waals surface area contributed by atoms with E-state index in [-0.39, 0.29) is 11.9 Å². The van der Waals surface area contributed by atoms with Crippen molar-refractivity contribution >= 4 is 16.9 Å². The lowest BCUT2D eigenvalue weighted by Gasteiger charge is -2.15. The summed E-state index contributed by atoms with van der Waals surface area (Å²) in [6.45, 7) is 0. The Bertz CT molecular complexity index is 1140. The van der Waals surface area contributed by atoms with Crippen LogP contribution < -0.4 is 11.1 Å². The van der Waals surface area contributed by atoms with E-state index in [1.165, 1.54) is 0 Å². The zero-order valence-corrected chi connectivity index (χ0v) is 15.4. The van der Waals surface area contributed by atoms with Crippen LogP contribution in [-0.2, 0) is 6.42 Å². The first-order chi connectivity index (χ1) is 13.7. The SMILES string of the molecule is CNC(=O)c1cccc(CC(N)c2ccccc2-c2noc3ccccc23)n1. The number of carbonyl (C=O) groups is 1. The molecular weight excluding hydrogens is 352 g/mol. The number of nitrogens with one attached hydrogen (secondary N) is 1. The molecule has 2 aromatic heterocycles. The number of nitrogens with two attached hydrogens (primary N) is 1. The standard InChI is InChI=1S/C22H20N4O2/c1-24-22(27)19-11-6-7-14(25-19)13-18(23)15-8-2-3-9-16(15)21-17-10-4-5-12-20(17)28-26-21/h2-12,18H,13,23H2,1H3,(H,24,27). The Morgan fingerprint density at radius 1 is 1.07 bits per heavy atom. The van der Waals surface area contributed by atoms with Crippen LogP contribution in [0.1, 0.15) is 27.8 Å². The van der Waals surface area contributed by atoms with Crippen molar-refractivity contribution in [1.82, 2.24) is 15.5 Å². The van der Waals surface area contributed by atoms with Crippen LogP contribution in [0.5, 0.6) is 0 Å². The number of rotatable bonds is 5. The van der Waals surface area contributed by atoms with Crippen molar-refractivity contribution in [2.45, 2.75) is 12.5 Å². The molecule has 4 rings (SSSR count). The molecule has 0 saturated heterocycles. The minimum atomic E-state index is -0.306. The molecule has 0 fully saturated rings. The molecule has 1 atom stereocenters. The maximum atomic E-state index is 11.8. The van der Waals surface area contributed by atoms with E-state index in [4.69, 9.17) is 10.3 Å². The van der Waals surface area contributed by atoms with Crippen molar-refractivity contribution in [3.05, 3.63) is 83.7 Å². The highest BCUT2D eigenvalue weighted by molar-refractivity contribution is 5.92. The van der Waals surface area contributed by atoms with Crippen molar-refractivity contribution in [2.24, 2.45) is 5.73 Å². The molecule has 0 aliphatic heterocycles. The summed E-state index contributed by atoms with van der Waals surface area (Å²) in [4.78, 5) is 16.3. The first-order valence-corrected chi connectivity index (χ1v) is 9.04. The molecule has 6 nitrogen and oxygen atoms in total. The fraction of sp³-hybridized carbons (Fsp3) is 0.136. The second kappa shape index (κ2) is 7.62. The van der Waals surface area contributed by atoms with Gasteiger partial charge in [-0.25, -0.2) is 4.98 Å². The summed E-state index contributed by atoms with van der Waals surface area (Å²) in [5, 5.41) is 7.80. The molecule has 3 N–H and O–H groups in total. The molecule has 6 heteroatoms. The smallest absolute Gasteiger partial charge is 0.269 e. The lowest BCUT2D eigenvalue weighted by atomic mass is 9.94. The van der Waals surface area contributed by atoms with Gasteiger partial charge in [0.2, 0.25) is 0 Å². The van der Waals surface area contributed by atoms with Crippen LogP contribution in [0.2, 0.25) is 0 Å². The van der Waals surface area contributed by atoms with Gasteiger partial charge in [-0.05, 0) is 29.8 Å². The van der Waals surface area contributed by atoms with E-state index < -0.39 is 0 Å². The minimum Gasteiger partial charge on any atom is -0.356 e. The molecule has 4 aromatic rings. The zero-order valence-electron chi connectivity index (χ0n) is 15.4. The van der Waals surface area contributed by atoms with E-state index in [2.05, 4.69) is 15.5 Å². The number of nitrogens with zero attached hydrogens (tertiary/aromatic N) is 2. The number of carbonyl (C=O) groups excluding carboxylic acids is 1. The minimum absolute atomic E-state index is 0.218. The largest absolute Gasteiger partial charge is 0.356 e. The molecule has 0 spiro atoms. The summed E-state index contributed by atoms with van der Waals surface area (Å²) in [5.41, 5.74) is 11.1. The molecule has 140 valence electrons. The Balaban J connectivity index is 1.68. The maximum absolute atomic E-state index is 11.8. The number of hydrogen-bond donors (Lipinski definition) is 2. The van der Waals surface area contributed by atoms with Gasteiger partial charge in [-0.1, -0.05) is 47.6 Å². The van der Waals surface area contributed by atoms with E-state index in [1.807, 2.05) is 60.7 Å². The van der Waals surface area contributed by atoms with Crippen LogP contribution in [-0.4, -0.2) is 23.1 Å². The van der Waals surface area contributed by atoms with Gasteiger partial charge in [0.15, 0.2) is 5.58 Å². The van der Waals surface area contributed by atoms with Gasteiger partial charge in [0.05, 0.1) is 0 Å². The van der Waals surface area contributed by atoms with Gasteiger partial charge in [0, 0.05) is 36.2 Å². The Morgan fingerprint density at radius 2 is 1.86 bits per heavy atom. The van der Waals surface area contributed by atoms with E-state index in [0.717, 1.165) is 33.5 Å². The van der Waals surface area contributed by atoms with Gasteiger partial charge >= 0.3 is 0 Å². The van der Waals surface area contributed by atoms with Crippen LogP contribution in [0.4, 0.5) is 0 Å². The molecule has 0 aliphatic rings. The summed E-state index contributed by atoms with van der Waals surface area (Å²) >= 11 is 0. The van der Waals surface area contributed by atoms with Gasteiger partial charge in [0.25, 0.3) is 5.91 Å². The molecule has 0 aliphatic carbocycles. The highest BCUT2D eigenvalue weighted by Gasteiger charge is 2.18. The van der Waals surface area contributed by atoms with Crippen molar-refractivity contribution in [3.63, 3.8) is 0 Å². The summed E-state index contributed by atoms with van der Waals surface area (Å²) in [6, 6.07) is 20.7. The molecule has 0 bridgehead atoms. The molecule has 0 saturated carbocycles. The Kier molecular flexibility index (Phi) is 4.87. The number of fused-ring (bicyclic) bond motifs is 1. The van der Waals surface area contributed by atoms with Gasteiger partial charge in [-0.2, -0.15) is 0 Å². The summed E-state index contributed by atoms with van der Waals surface area (Å²) < 4.78 is 5.46. The van der Waals surface area contributed by atoms with Crippen molar-refractivity contribution in [3.8, 4) is 11.3 Å². The first-order valence-electron chi connectivity index (χ1n) is 9.04. The summed E-state index contributed by atoms with van der Waals surface area (Å²) in [5.74, 6) is -0.218. The van der Waals surface area contributed by atoms with Gasteiger partial charge < -0.3 is 15.6 Å². The molecule has 0 radical (unpaired) electrons. The molecule has 2 aromatic carbocycles. The van der Waals surface area contributed by atoms with Crippen LogP contribution in [0.15, 0.2) is 71.3 Å². The molecule has 2 heterocycles. The fourth-order valence-electron chi connectivity index (χ4n) is 3.30. The van der Waals surface area contributed by atoms with Crippen molar-refractivity contribution < 1.29 is 9.32 Å². The van der Waals surface area contributed by atoms with Crippen molar-refractivity contribution in [1.29, 1.82) is 0 Å². The van der Waals surface area contributed by atoms with E-state index in [9.17, 15) is 4.79 Å². The monoisotopic (exact) mass is 372 g/mol.